The Morgan fingerprint density at radius 3 is 2.54 bits per heavy atom. The minimum Gasteiger partial charge on any atom is -0.497 e. The molecule has 1 aliphatic rings. The van der Waals surface area contributed by atoms with Gasteiger partial charge in [0.15, 0.2) is 9.84 Å². The average Bonchev–Trinajstić information content (AvgIpc) is 2.72. The van der Waals surface area contributed by atoms with Crippen LogP contribution in [0.15, 0.2) is 53.4 Å². The lowest BCUT2D eigenvalue weighted by molar-refractivity contribution is 0.338. The molecule has 0 fully saturated rings. The largest absolute Gasteiger partial charge is 0.497 e. The van der Waals surface area contributed by atoms with Gasteiger partial charge in [0.1, 0.15) is 5.75 Å². The predicted molar refractivity (Wildman–Crippen MR) is 106 cm³/mol. The number of benzene rings is 2. The molecule has 1 unspecified atom stereocenters. The highest BCUT2D eigenvalue weighted by molar-refractivity contribution is 7.91. The maximum atomic E-state index is 13.2. The molecule has 140 valence electrons. The monoisotopic (exact) mass is 373 g/mol. The molecule has 2 aromatic rings. The summed E-state index contributed by atoms with van der Waals surface area (Å²) >= 11 is 0. The molecule has 0 spiro atoms. The molecule has 0 amide bonds. The Hall–Kier alpha value is -2.01. The number of hydrogen-bond donors (Lipinski definition) is 0. The Kier molecular flexibility index (Phi) is 5.28. The van der Waals surface area contributed by atoms with Crippen LogP contribution < -0.4 is 9.64 Å². The summed E-state index contributed by atoms with van der Waals surface area (Å²) in [6.07, 6.45) is 2.97. The fraction of sp³-hybridized carbons (Fsp3) is 0.429. The Morgan fingerprint density at radius 2 is 1.88 bits per heavy atom. The van der Waals surface area contributed by atoms with Gasteiger partial charge in [-0.3, -0.25) is 0 Å². The number of methoxy groups -OCH3 is 1. The summed E-state index contributed by atoms with van der Waals surface area (Å²) in [6, 6.07) is 15.3. The van der Waals surface area contributed by atoms with Crippen molar-refractivity contribution in [2.45, 2.75) is 38.0 Å². The van der Waals surface area contributed by atoms with Crippen LogP contribution in [0, 0.1) is 5.41 Å². The molecule has 2 aromatic carbocycles. The van der Waals surface area contributed by atoms with E-state index in [0.29, 0.717) is 22.9 Å². The van der Waals surface area contributed by atoms with Crippen molar-refractivity contribution in [1.29, 1.82) is 0 Å². The van der Waals surface area contributed by atoms with Gasteiger partial charge >= 0.3 is 0 Å². The number of para-hydroxylation sites is 1. The maximum Gasteiger partial charge on any atom is 0.181 e. The average molecular weight is 374 g/mol. The van der Waals surface area contributed by atoms with Crippen LogP contribution in [-0.4, -0.2) is 27.8 Å². The summed E-state index contributed by atoms with van der Waals surface area (Å²) in [5.74, 6) is 0.833. The second-order valence-electron chi connectivity index (χ2n) is 7.43. The van der Waals surface area contributed by atoms with Gasteiger partial charge in [-0.05, 0) is 36.1 Å². The van der Waals surface area contributed by atoms with E-state index >= 15 is 0 Å². The molecular formula is C21H27NO3S. The first kappa shape index (κ1) is 18.8. The summed E-state index contributed by atoms with van der Waals surface area (Å²) in [5.41, 5.74) is 1.40. The molecule has 0 aliphatic carbocycles. The van der Waals surface area contributed by atoms with Crippen LogP contribution in [0.4, 0.5) is 11.4 Å². The van der Waals surface area contributed by atoms with E-state index in [4.69, 9.17) is 4.74 Å². The van der Waals surface area contributed by atoms with Crippen LogP contribution in [-0.2, 0) is 9.84 Å². The Balaban J connectivity index is 2.19. The van der Waals surface area contributed by atoms with Gasteiger partial charge in [-0.2, -0.15) is 0 Å². The first-order valence-electron chi connectivity index (χ1n) is 9.12. The van der Waals surface area contributed by atoms with Crippen molar-refractivity contribution in [3.63, 3.8) is 0 Å². The van der Waals surface area contributed by atoms with Crippen LogP contribution in [0.3, 0.4) is 0 Å². The van der Waals surface area contributed by atoms with Crippen LogP contribution in [0.2, 0.25) is 0 Å². The number of nitrogens with zero attached hydrogens (tertiary/aromatic N) is 1. The van der Waals surface area contributed by atoms with Crippen LogP contribution in [0.25, 0.3) is 0 Å². The first-order valence-corrected chi connectivity index (χ1v) is 10.8. The van der Waals surface area contributed by atoms with Crippen molar-refractivity contribution in [1.82, 2.24) is 0 Å². The third-order valence-electron chi connectivity index (χ3n) is 5.07. The zero-order valence-corrected chi connectivity index (χ0v) is 16.6. The standard InChI is InChI=1S/C21H27NO3S/c1-4-5-13-21(2)15-22(17-9-7-6-8-10-17)19-14-18(25-3)11-12-20(19)26(23,24)16-21/h6-12,14H,4-5,13,15-16H2,1-3H3. The Labute approximate surface area is 156 Å². The third-order valence-corrected chi connectivity index (χ3v) is 7.16. The Bertz CT molecular complexity index is 864. The second-order valence-corrected chi connectivity index (χ2v) is 9.39. The fourth-order valence-corrected chi connectivity index (χ4v) is 5.81. The molecular weight excluding hydrogens is 346 g/mol. The molecule has 0 N–H and O–H groups in total. The van der Waals surface area contributed by atoms with Crippen molar-refractivity contribution in [2.75, 3.05) is 24.3 Å². The molecule has 1 atom stereocenters. The molecule has 0 radical (unpaired) electrons. The number of fused-ring (bicyclic) bond motifs is 1. The minimum atomic E-state index is -3.38. The molecule has 0 saturated carbocycles. The van der Waals surface area contributed by atoms with Gasteiger partial charge < -0.3 is 9.64 Å². The van der Waals surface area contributed by atoms with E-state index in [1.54, 1.807) is 19.2 Å². The molecule has 1 heterocycles. The summed E-state index contributed by atoms with van der Waals surface area (Å²) in [5, 5.41) is 0. The third kappa shape index (κ3) is 3.73. The predicted octanol–water partition coefficient (Wildman–Crippen LogP) is 4.82. The fourth-order valence-electron chi connectivity index (χ4n) is 3.74. The van der Waals surface area contributed by atoms with E-state index in [9.17, 15) is 8.42 Å². The number of anilines is 2. The van der Waals surface area contributed by atoms with Crippen LogP contribution in [0.1, 0.15) is 33.1 Å². The van der Waals surface area contributed by atoms with Gasteiger partial charge in [-0.25, -0.2) is 8.42 Å². The summed E-state index contributed by atoms with van der Waals surface area (Å²) in [4.78, 5) is 2.53. The summed E-state index contributed by atoms with van der Waals surface area (Å²) < 4.78 is 31.7. The highest BCUT2D eigenvalue weighted by atomic mass is 32.2. The van der Waals surface area contributed by atoms with E-state index in [-0.39, 0.29) is 11.2 Å². The summed E-state index contributed by atoms with van der Waals surface area (Å²) in [7, 11) is -1.78. The van der Waals surface area contributed by atoms with Gasteiger partial charge in [0.2, 0.25) is 0 Å². The lowest BCUT2D eigenvalue weighted by Gasteiger charge is -2.34. The smallest absolute Gasteiger partial charge is 0.181 e. The van der Waals surface area contributed by atoms with E-state index in [1.165, 1.54) is 0 Å². The van der Waals surface area contributed by atoms with Crippen LogP contribution >= 0.6 is 0 Å². The second kappa shape index (κ2) is 7.31. The number of sulfone groups is 1. The van der Waals surface area contributed by atoms with Crippen molar-refractivity contribution in [3.05, 3.63) is 48.5 Å². The molecule has 5 heteroatoms. The quantitative estimate of drug-likeness (QED) is 0.754. The number of unbranched alkanes of at least 4 members (excludes halogenated alkanes) is 1. The maximum absolute atomic E-state index is 13.2. The molecule has 0 aromatic heterocycles. The molecule has 1 aliphatic heterocycles. The van der Waals surface area contributed by atoms with Crippen molar-refractivity contribution in [2.24, 2.45) is 5.41 Å². The first-order chi connectivity index (χ1) is 12.4. The van der Waals surface area contributed by atoms with Gasteiger partial charge in [-0.15, -0.1) is 0 Å². The SMILES string of the molecule is CCCCC1(C)CN(c2ccccc2)c2cc(OC)ccc2S(=O)(=O)C1. The molecule has 26 heavy (non-hydrogen) atoms. The van der Waals surface area contributed by atoms with Gasteiger partial charge in [0, 0.05) is 18.3 Å². The van der Waals surface area contributed by atoms with Crippen molar-refractivity contribution >= 4 is 21.2 Å². The van der Waals surface area contributed by atoms with Gasteiger partial charge in [-0.1, -0.05) is 44.9 Å². The normalized spacial score (nSPS) is 21.7. The van der Waals surface area contributed by atoms with E-state index in [2.05, 4.69) is 18.7 Å². The highest BCUT2D eigenvalue weighted by Gasteiger charge is 2.39. The van der Waals surface area contributed by atoms with Crippen LogP contribution in [0.5, 0.6) is 5.75 Å². The highest BCUT2D eigenvalue weighted by Crippen LogP contribution is 2.43. The van der Waals surface area contributed by atoms with Gasteiger partial charge in [0.25, 0.3) is 0 Å². The summed E-state index contributed by atoms with van der Waals surface area (Å²) in [6.45, 7) is 4.90. The lowest BCUT2D eigenvalue weighted by atomic mass is 9.86. The molecule has 4 nitrogen and oxygen atoms in total. The zero-order valence-electron chi connectivity index (χ0n) is 15.7. The molecule has 3 rings (SSSR count). The van der Waals surface area contributed by atoms with Crippen molar-refractivity contribution < 1.29 is 13.2 Å². The van der Waals surface area contributed by atoms with E-state index < -0.39 is 9.84 Å². The lowest BCUT2D eigenvalue weighted by Crippen LogP contribution is -2.35. The Morgan fingerprint density at radius 1 is 1.15 bits per heavy atom. The molecule has 0 saturated heterocycles. The van der Waals surface area contributed by atoms with Crippen molar-refractivity contribution in [3.8, 4) is 5.75 Å². The van der Waals surface area contributed by atoms with E-state index in [0.717, 1.165) is 24.9 Å². The molecule has 0 bridgehead atoms. The minimum absolute atomic E-state index is 0.169. The topological polar surface area (TPSA) is 46.6 Å². The zero-order chi connectivity index (χ0) is 18.8. The van der Waals surface area contributed by atoms with Gasteiger partial charge in [0.05, 0.1) is 23.4 Å². The van der Waals surface area contributed by atoms with E-state index in [1.807, 2.05) is 36.4 Å². The number of ether oxygens (including phenoxy) is 1. The number of rotatable bonds is 5. The number of hydrogen-bond acceptors (Lipinski definition) is 4.